The third-order valence-electron chi connectivity index (χ3n) is 4.68. The lowest BCUT2D eigenvalue weighted by Crippen LogP contribution is -2.48. The smallest absolute Gasteiger partial charge is 0.338 e. The van der Waals surface area contributed by atoms with E-state index in [9.17, 15) is 9.59 Å². The molecule has 0 aromatic heterocycles. The Labute approximate surface area is 158 Å². The van der Waals surface area contributed by atoms with Gasteiger partial charge in [-0.15, -0.1) is 11.8 Å². The van der Waals surface area contributed by atoms with Crippen molar-refractivity contribution in [3.8, 4) is 0 Å². The normalized spacial score (nSPS) is 20.7. The van der Waals surface area contributed by atoms with Crippen molar-refractivity contribution in [1.29, 1.82) is 0 Å². The van der Waals surface area contributed by atoms with E-state index in [1.807, 2.05) is 30.5 Å². The quantitative estimate of drug-likeness (QED) is 0.591. The number of urea groups is 1. The number of nitrogens with zero attached hydrogens (tertiary/aromatic N) is 1. The maximum atomic E-state index is 12.7. The maximum Gasteiger partial charge on any atom is 0.338 e. The Balaban J connectivity index is 1.97. The number of hydrogen-bond donors (Lipinski definition) is 2. The van der Waals surface area contributed by atoms with Crippen molar-refractivity contribution < 1.29 is 14.3 Å². The number of benzene rings is 1. The van der Waals surface area contributed by atoms with Crippen molar-refractivity contribution in [1.82, 2.24) is 15.5 Å². The summed E-state index contributed by atoms with van der Waals surface area (Å²) in [5.74, 6) is -0.381. The largest absolute Gasteiger partial charge is 0.463 e. The van der Waals surface area contributed by atoms with E-state index in [1.54, 1.807) is 18.7 Å². The highest BCUT2D eigenvalue weighted by molar-refractivity contribution is 7.98. The van der Waals surface area contributed by atoms with Gasteiger partial charge in [0.05, 0.1) is 18.2 Å². The Morgan fingerprint density at radius 2 is 1.96 bits per heavy atom. The van der Waals surface area contributed by atoms with Crippen LogP contribution in [0.15, 0.2) is 40.4 Å². The second kappa shape index (κ2) is 8.60. The van der Waals surface area contributed by atoms with E-state index in [0.29, 0.717) is 24.4 Å². The number of thioether (sulfide) groups is 1. The summed E-state index contributed by atoms with van der Waals surface area (Å²) in [6.07, 6.45) is 4.31. The first-order chi connectivity index (χ1) is 12.6. The molecule has 0 spiro atoms. The topological polar surface area (TPSA) is 70.7 Å². The van der Waals surface area contributed by atoms with Gasteiger partial charge in [0.2, 0.25) is 0 Å². The van der Waals surface area contributed by atoms with Gasteiger partial charge in [0.15, 0.2) is 0 Å². The van der Waals surface area contributed by atoms with Crippen molar-refractivity contribution >= 4 is 23.8 Å². The Morgan fingerprint density at radius 1 is 1.27 bits per heavy atom. The highest BCUT2D eigenvalue weighted by Gasteiger charge is 2.34. The van der Waals surface area contributed by atoms with Crippen LogP contribution < -0.4 is 10.6 Å². The second-order valence-corrected chi connectivity index (χ2v) is 7.28. The zero-order valence-corrected chi connectivity index (χ0v) is 16.0. The molecule has 2 aliphatic rings. The van der Waals surface area contributed by atoms with Gasteiger partial charge >= 0.3 is 12.0 Å². The Kier molecular flexibility index (Phi) is 6.21. The summed E-state index contributed by atoms with van der Waals surface area (Å²) in [4.78, 5) is 28.3. The van der Waals surface area contributed by atoms with Gasteiger partial charge in [0.1, 0.15) is 0 Å². The average molecular weight is 375 g/mol. The fourth-order valence-electron chi connectivity index (χ4n) is 3.40. The van der Waals surface area contributed by atoms with Crippen LogP contribution in [0.25, 0.3) is 0 Å². The van der Waals surface area contributed by atoms with Crippen molar-refractivity contribution in [2.45, 2.75) is 30.7 Å². The van der Waals surface area contributed by atoms with Gasteiger partial charge in [0, 0.05) is 17.1 Å². The SMILES string of the molecule is CCOC(=O)C1=C(CN2CCCC2)NC(=O)NC1c1ccc(SC)cc1. The number of rotatable bonds is 6. The van der Waals surface area contributed by atoms with Crippen LogP contribution in [0, 0.1) is 0 Å². The van der Waals surface area contributed by atoms with E-state index < -0.39 is 6.04 Å². The molecule has 26 heavy (non-hydrogen) atoms. The number of ether oxygens (including phenoxy) is 1. The van der Waals surface area contributed by atoms with E-state index in [0.717, 1.165) is 36.4 Å². The first kappa shape index (κ1) is 18.8. The lowest BCUT2D eigenvalue weighted by Gasteiger charge is -2.31. The summed E-state index contributed by atoms with van der Waals surface area (Å²) in [5, 5.41) is 5.72. The molecule has 2 N–H and O–H groups in total. The maximum absolute atomic E-state index is 12.7. The second-order valence-electron chi connectivity index (χ2n) is 6.40. The van der Waals surface area contributed by atoms with Crippen molar-refractivity contribution in [2.75, 3.05) is 32.5 Å². The number of carbonyl (C=O) groups excluding carboxylic acids is 2. The molecule has 1 fully saturated rings. The van der Waals surface area contributed by atoms with Crippen molar-refractivity contribution in [3.05, 3.63) is 41.1 Å². The first-order valence-corrected chi connectivity index (χ1v) is 10.2. The molecule has 1 unspecified atom stereocenters. The molecule has 2 amide bonds. The number of esters is 1. The molecule has 0 radical (unpaired) electrons. The lowest BCUT2D eigenvalue weighted by atomic mass is 9.95. The van der Waals surface area contributed by atoms with E-state index in [-0.39, 0.29) is 12.0 Å². The van der Waals surface area contributed by atoms with Gasteiger partial charge < -0.3 is 15.4 Å². The number of carbonyl (C=O) groups is 2. The predicted octanol–water partition coefficient (Wildman–Crippen LogP) is 2.68. The molecular weight excluding hydrogens is 350 g/mol. The van der Waals surface area contributed by atoms with Crippen LogP contribution in [0.4, 0.5) is 4.79 Å². The van der Waals surface area contributed by atoms with Crippen molar-refractivity contribution in [3.63, 3.8) is 0 Å². The lowest BCUT2D eigenvalue weighted by molar-refractivity contribution is -0.139. The molecule has 6 nitrogen and oxygen atoms in total. The summed E-state index contributed by atoms with van der Waals surface area (Å²) in [6, 6.07) is 7.11. The van der Waals surface area contributed by atoms with Crippen LogP contribution in [0.2, 0.25) is 0 Å². The van der Waals surface area contributed by atoms with Gasteiger partial charge in [-0.05, 0) is 56.8 Å². The Morgan fingerprint density at radius 3 is 2.58 bits per heavy atom. The standard InChI is InChI=1S/C19H25N3O3S/c1-3-25-18(23)16-15(12-22-10-4-5-11-22)20-19(24)21-17(16)13-6-8-14(26-2)9-7-13/h6-9,17H,3-5,10-12H2,1-2H3,(H2,20,21,24). The van der Waals surface area contributed by atoms with Gasteiger partial charge in [-0.3, -0.25) is 4.90 Å². The summed E-state index contributed by atoms with van der Waals surface area (Å²) in [6.45, 7) is 4.61. The predicted molar refractivity (Wildman–Crippen MR) is 102 cm³/mol. The van der Waals surface area contributed by atoms with Crippen LogP contribution in [0.1, 0.15) is 31.4 Å². The van der Waals surface area contributed by atoms with Gasteiger partial charge in [-0.1, -0.05) is 12.1 Å². The van der Waals surface area contributed by atoms with Crippen LogP contribution in [-0.2, 0) is 9.53 Å². The van der Waals surface area contributed by atoms with Gasteiger partial charge in [0.25, 0.3) is 0 Å². The molecule has 7 heteroatoms. The fourth-order valence-corrected chi connectivity index (χ4v) is 3.81. The van der Waals surface area contributed by atoms with Crippen LogP contribution >= 0.6 is 11.8 Å². The van der Waals surface area contributed by atoms with Gasteiger partial charge in [-0.2, -0.15) is 0 Å². The van der Waals surface area contributed by atoms with Crippen LogP contribution in [-0.4, -0.2) is 49.4 Å². The molecule has 1 aromatic carbocycles. The zero-order valence-electron chi connectivity index (χ0n) is 15.2. The summed E-state index contributed by atoms with van der Waals surface area (Å²) >= 11 is 1.65. The zero-order chi connectivity index (χ0) is 18.5. The number of hydrogen-bond acceptors (Lipinski definition) is 5. The molecule has 140 valence electrons. The van der Waals surface area contributed by atoms with Crippen molar-refractivity contribution in [2.24, 2.45) is 0 Å². The van der Waals surface area contributed by atoms with Crippen LogP contribution in [0.3, 0.4) is 0 Å². The highest BCUT2D eigenvalue weighted by Crippen LogP contribution is 2.29. The molecule has 0 aliphatic carbocycles. The molecular formula is C19H25N3O3S. The number of nitrogens with one attached hydrogen (secondary N) is 2. The summed E-state index contributed by atoms with van der Waals surface area (Å²) in [7, 11) is 0. The molecule has 1 saturated heterocycles. The molecule has 2 heterocycles. The molecule has 0 saturated carbocycles. The molecule has 1 aromatic rings. The Bertz CT molecular complexity index is 696. The van der Waals surface area contributed by atoms with Crippen LogP contribution in [0.5, 0.6) is 0 Å². The third kappa shape index (κ3) is 4.22. The fraction of sp³-hybridized carbons (Fsp3) is 0.474. The average Bonchev–Trinajstić information content (AvgIpc) is 3.14. The first-order valence-electron chi connectivity index (χ1n) is 8.96. The number of likely N-dealkylation sites (tertiary alicyclic amines) is 1. The van der Waals surface area contributed by atoms with E-state index in [1.165, 1.54) is 0 Å². The molecule has 1 atom stereocenters. The highest BCUT2D eigenvalue weighted by atomic mass is 32.2. The minimum absolute atomic E-state index is 0.286. The van der Waals surface area contributed by atoms with E-state index >= 15 is 0 Å². The van der Waals surface area contributed by atoms with Gasteiger partial charge in [-0.25, -0.2) is 9.59 Å². The Hall–Kier alpha value is -1.99. The molecule has 0 bridgehead atoms. The summed E-state index contributed by atoms with van der Waals surface area (Å²) < 4.78 is 5.30. The minimum atomic E-state index is -0.503. The van der Waals surface area contributed by atoms with E-state index in [4.69, 9.17) is 4.74 Å². The number of amides is 2. The molecule has 2 aliphatic heterocycles. The summed E-state index contributed by atoms with van der Waals surface area (Å²) in [5.41, 5.74) is 2.02. The minimum Gasteiger partial charge on any atom is -0.463 e. The monoisotopic (exact) mass is 375 g/mol. The van der Waals surface area contributed by atoms with E-state index in [2.05, 4.69) is 15.5 Å². The molecule has 3 rings (SSSR count). The third-order valence-corrected chi connectivity index (χ3v) is 5.42.